The average Bonchev–Trinajstić information content (AvgIpc) is 2.76. The second kappa shape index (κ2) is 4.47. The first kappa shape index (κ1) is 10.9. The van der Waals surface area contributed by atoms with Gasteiger partial charge < -0.3 is 10.6 Å². The van der Waals surface area contributed by atoms with Crippen molar-refractivity contribution in [1.82, 2.24) is 10.6 Å². The van der Waals surface area contributed by atoms with Gasteiger partial charge in [-0.05, 0) is 18.8 Å². The number of halogens is 1. The van der Waals surface area contributed by atoms with E-state index in [1.54, 1.807) is 0 Å². The minimum atomic E-state index is -0.855. The van der Waals surface area contributed by atoms with Crippen molar-refractivity contribution in [2.45, 2.75) is 50.9 Å². The van der Waals surface area contributed by atoms with Gasteiger partial charge in [0.1, 0.15) is 6.17 Å². The molecule has 2 unspecified atom stereocenters. The van der Waals surface area contributed by atoms with Crippen LogP contribution < -0.4 is 10.6 Å². The zero-order valence-electron chi connectivity index (χ0n) is 9.13. The summed E-state index contributed by atoms with van der Waals surface area (Å²) in [4.78, 5) is 11.7. The molecule has 2 aliphatic rings. The van der Waals surface area contributed by atoms with Crippen molar-refractivity contribution in [1.29, 1.82) is 0 Å². The number of alkyl halides is 1. The van der Waals surface area contributed by atoms with E-state index in [-0.39, 0.29) is 11.9 Å². The smallest absolute Gasteiger partial charge is 0.237 e. The monoisotopic (exact) mass is 214 g/mol. The Kier molecular flexibility index (Phi) is 3.24. The van der Waals surface area contributed by atoms with Crippen LogP contribution in [0.1, 0.15) is 32.6 Å². The molecule has 86 valence electrons. The summed E-state index contributed by atoms with van der Waals surface area (Å²) in [6.45, 7) is 2.48. The number of rotatable bonds is 4. The lowest BCUT2D eigenvalue weighted by Gasteiger charge is -2.10. The Hall–Kier alpha value is -0.640. The molecule has 1 heterocycles. The van der Waals surface area contributed by atoms with Gasteiger partial charge in [-0.2, -0.15) is 0 Å². The quantitative estimate of drug-likeness (QED) is 0.732. The van der Waals surface area contributed by atoms with Crippen LogP contribution in [0.25, 0.3) is 0 Å². The topological polar surface area (TPSA) is 41.1 Å². The van der Waals surface area contributed by atoms with Gasteiger partial charge in [-0.1, -0.05) is 13.3 Å². The van der Waals surface area contributed by atoms with Crippen LogP contribution in [0.5, 0.6) is 0 Å². The number of nitrogens with one attached hydrogen (secondary N) is 2. The summed E-state index contributed by atoms with van der Waals surface area (Å²) >= 11 is 0. The lowest BCUT2D eigenvalue weighted by Crippen LogP contribution is -2.41. The second-order valence-electron chi connectivity index (χ2n) is 4.69. The van der Waals surface area contributed by atoms with Gasteiger partial charge >= 0.3 is 0 Å². The first-order valence-corrected chi connectivity index (χ1v) is 5.88. The highest BCUT2D eigenvalue weighted by Gasteiger charge is 2.39. The Morgan fingerprint density at radius 2 is 2.33 bits per heavy atom. The van der Waals surface area contributed by atoms with Crippen molar-refractivity contribution in [2.75, 3.05) is 6.54 Å². The summed E-state index contributed by atoms with van der Waals surface area (Å²) in [7, 11) is 0. The first-order valence-electron chi connectivity index (χ1n) is 5.88. The molecule has 1 amide bonds. The number of hydrogen-bond acceptors (Lipinski definition) is 2. The number of carbonyl (C=O) groups excluding carboxylic acids is 1. The van der Waals surface area contributed by atoms with Crippen LogP contribution in [-0.4, -0.2) is 30.7 Å². The van der Waals surface area contributed by atoms with Crippen molar-refractivity contribution < 1.29 is 9.18 Å². The predicted octanol–water partition coefficient (Wildman–Crippen LogP) is 0.991. The van der Waals surface area contributed by atoms with E-state index < -0.39 is 6.17 Å². The Morgan fingerprint density at radius 3 is 2.93 bits per heavy atom. The molecule has 4 heteroatoms. The molecular weight excluding hydrogens is 195 g/mol. The Balaban J connectivity index is 1.70. The predicted molar refractivity (Wildman–Crippen MR) is 56.2 cm³/mol. The van der Waals surface area contributed by atoms with E-state index in [2.05, 4.69) is 17.6 Å². The van der Waals surface area contributed by atoms with Crippen LogP contribution in [0.4, 0.5) is 4.39 Å². The maximum absolute atomic E-state index is 12.8. The summed E-state index contributed by atoms with van der Waals surface area (Å²) in [5.41, 5.74) is 0. The van der Waals surface area contributed by atoms with Crippen LogP contribution >= 0.6 is 0 Å². The fourth-order valence-electron chi connectivity index (χ4n) is 2.29. The molecule has 0 aromatic carbocycles. The van der Waals surface area contributed by atoms with E-state index in [1.807, 2.05) is 0 Å². The standard InChI is InChI=1S/C11H19FN2O/c1-2-3-7-4-9(7)14-11(15)10-5-8(12)6-13-10/h7-10,13H,2-6H2,1H3,(H,14,15)/t7?,8-,9?,10+/m0/s1. The third-order valence-electron chi connectivity index (χ3n) is 3.30. The zero-order valence-corrected chi connectivity index (χ0v) is 9.13. The van der Waals surface area contributed by atoms with E-state index in [4.69, 9.17) is 0 Å². The minimum absolute atomic E-state index is 0.0150. The van der Waals surface area contributed by atoms with E-state index in [0.717, 1.165) is 6.42 Å². The fraction of sp³-hybridized carbons (Fsp3) is 0.909. The SMILES string of the molecule is CCCC1CC1NC(=O)[C@H]1C[C@H](F)CN1. The maximum atomic E-state index is 12.8. The molecular formula is C11H19FN2O. The van der Waals surface area contributed by atoms with Crippen molar-refractivity contribution in [3.63, 3.8) is 0 Å². The van der Waals surface area contributed by atoms with Crippen LogP contribution in [0.15, 0.2) is 0 Å². The molecule has 0 spiro atoms. The van der Waals surface area contributed by atoms with Crippen LogP contribution in [0, 0.1) is 5.92 Å². The number of hydrogen-bond donors (Lipinski definition) is 2. The largest absolute Gasteiger partial charge is 0.352 e. The van der Waals surface area contributed by atoms with E-state index in [1.165, 1.54) is 12.8 Å². The Morgan fingerprint density at radius 1 is 1.53 bits per heavy atom. The molecule has 1 aliphatic carbocycles. The van der Waals surface area contributed by atoms with E-state index >= 15 is 0 Å². The highest BCUT2D eigenvalue weighted by molar-refractivity contribution is 5.82. The summed E-state index contributed by atoms with van der Waals surface area (Å²) in [6.07, 6.45) is 2.94. The Labute approximate surface area is 89.8 Å². The fourth-order valence-corrected chi connectivity index (χ4v) is 2.29. The summed E-state index contributed by atoms with van der Waals surface area (Å²) in [6, 6.07) is 0.0563. The van der Waals surface area contributed by atoms with Gasteiger partial charge in [0.05, 0.1) is 6.04 Å². The van der Waals surface area contributed by atoms with Crippen LogP contribution in [-0.2, 0) is 4.79 Å². The highest BCUT2D eigenvalue weighted by Crippen LogP contribution is 2.34. The molecule has 2 fully saturated rings. The van der Waals surface area contributed by atoms with Crippen molar-refractivity contribution in [2.24, 2.45) is 5.92 Å². The molecule has 1 saturated carbocycles. The van der Waals surface area contributed by atoms with Gasteiger partial charge in [-0.15, -0.1) is 0 Å². The molecule has 4 atom stereocenters. The molecule has 0 radical (unpaired) electrons. The summed E-state index contributed by atoms with van der Waals surface area (Å²) < 4.78 is 12.8. The summed E-state index contributed by atoms with van der Waals surface area (Å²) in [5.74, 6) is 0.653. The Bertz CT molecular complexity index is 247. The molecule has 3 nitrogen and oxygen atoms in total. The average molecular weight is 214 g/mol. The zero-order chi connectivity index (χ0) is 10.8. The van der Waals surface area contributed by atoms with Crippen molar-refractivity contribution >= 4 is 5.91 Å². The molecule has 15 heavy (non-hydrogen) atoms. The van der Waals surface area contributed by atoms with Crippen LogP contribution in [0.2, 0.25) is 0 Å². The second-order valence-corrected chi connectivity index (χ2v) is 4.69. The number of carbonyl (C=O) groups is 1. The van der Waals surface area contributed by atoms with Gasteiger partial charge in [-0.25, -0.2) is 4.39 Å². The normalized spacial score (nSPS) is 39.1. The molecule has 1 aliphatic heterocycles. The van der Waals surface area contributed by atoms with E-state index in [9.17, 15) is 9.18 Å². The summed E-state index contributed by atoms with van der Waals surface area (Å²) in [5, 5.41) is 5.88. The lowest BCUT2D eigenvalue weighted by atomic mass is 10.2. The van der Waals surface area contributed by atoms with E-state index in [0.29, 0.717) is 24.9 Å². The molecule has 0 bridgehead atoms. The minimum Gasteiger partial charge on any atom is -0.352 e. The first-order chi connectivity index (χ1) is 7.20. The lowest BCUT2D eigenvalue weighted by molar-refractivity contribution is -0.123. The molecule has 1 saturated heterocycles. The molecule has 2 rings (SSSR count). The van der Waals surface area contributed by atoms with Crippen LogP contribution in [0.3, 0.4) is 0 Å². The van der Waals surface area contributed by atoms with Gasteiger partial charge in [-0.3, -0.25) is 4.79 Å². The third-order valence-corrected chi connectivity index (χ3v) is 3.30. The van der Waals surface area contributed by atoms with Gasteiger partial charge in [0.15, 0.2) is 0 Å². The molecule has 0 aromatic heterocycles. The molecule has 2 N–H and O–H groups in total. The van der Waals surface area contributed by atoms with Crippen molar-refractivity contribution in [3.8, 4) is 0 Å². The van der Waals surface area contributed by atoms with Crippen molar-refractivity contribution in [3.05, 3.63) is 0 Å². The van der Waals surface area contributed by atoms with Gasteiger partial charge in [0.2, 0.25) is 5.91 Å². The highest BCUT2D eigenvalue weighted by atomic mass is 19.1. The third kappa shape index (κ3) is 2.68. The van der Waals surface area contributed by atoms with Gasteiger partial charge in [0, 0.05) is 19.0 Å². The molecule has 0 aromatic rings. The van der Waals surface area contributed by atoms with Gasteiger partial charge in [0.25, 0.3) is 0 Å². The number of amides is 1. The maximum Gasteiger partial charge on any atom is 0.237 e.